The molecule has 1 N–H and O–H groups in total. The molecule has 5 nitrogen and oxygen atoms in total. The number of para-hydroxylation sites is 3. The molecule has 3 rings (SSSR count). The van der Waals surface area contributed by atoms with Crippen molar-refractivity contribution in [3.63, 3.8) is 0 Å². The van der Waals surface area contributed by atoms with Crippen molar-refractivity contribution in [2.45, 2.75) is 0 Å². The van der Waals surface area contributed by atoms with Gasteiger partial charge in [0.2, 0.25) is 0 Å². The van der Waals surface area contributed by atoms with Crippen molar-refractivity contribution in [3.8, 4) is 11.5 Å². The first-order valence-corrected chi connectivity index (χ1v) is 6.34. The number of rotatable bonds is 4. The minimum Gasteiger partial charge on any atom is -0.455 e. The molecule has 21 heavy (non-hydrogen) atoms. The Morgan fingerprint density at radius 3 is 2.57 bits per heavy atom. The molecule has 0 atom stereocenters. The number of carbonyl (C=O) groups is 1. The van der Waals surface area contributed by atoms with Gasteiger partial charge in [-0.1, -0.05) is 30.3 Å². The van der Waals surface area contributed by atoms with Crippen LogP contribution in [0.3, 0.4) is 0 Å². The number of hydrogen-bond acceptors (Lipinski definition) is 4. The topological polar surface area (TPSA) is 64.4 Å². The van der Waals surface area contributed by atoms with E-state index in [1.54, 1.807) is 12.1 Å². The summed E-state index contributed by atoms with van der Waals surface area (Å²) in [7, 11) is 0. The Bertz CT molecular complexity index is 724. The smallest absolute Gasteiger partial charge is 0.277 e. The van der Waals surface area contributed by atoms with Crippen molar-refractivity contribution in [3.05, 3.63) is 72.9 Å². The van der Waals surface area contributed by atoms with Gasteiger partial charge in [-0.05, 0) is 24.3 Å². The Balaban J connectivity index is 1.81. The Labute approximate surface area is 121 Å². The Morgan fingerprint density at radius 1 is 1.05 bits per heavy atom. The summed E-state index contributed by atoms with van der Waals surface area (Å²) in [6, 6.07) is 16.6. The van der Waals surface area contributed by atoms with Crippen molar-refractivity contribution < 1.29 is 13.9 Å². The van der Waals surface area contributed by atoms with E-state index in [2.05, 4.69) is 10.3 Å². The summed E-state index contributed by atoms with van der Waals surface area (Å²) in [5, 5.41) is 2.75. The van der Waals surface area contributed by atoms with E-state index in [1.165, 1.54) is 12.7 Å². The Hall–Kier alpha value is -3.08. The number of nitrogens with one attached hydrogen (secondary N) is 1. The Morgan fingerprint density at radius 2 is 1.81 bits per heavy atom. The molecule has 0 unspecified atom stereocenters. The van der Waals surface area contributed by atoms with Crippen LogP contribution in [0.15, 0.2) is 71.7 Å². The number of aromatic nitrogens is 1. The SMILES string of the molecule is O=C(Nc1ccccc1Oc1ccccc1)c1cocn1. The molecule has 5 heteroatoms. The van der Waals surface area contributed by atoms with Gasteiger partial charge in [0.1, 0.15) is 12.0 Å². The normalized spacial score (nSPS) is 10.1. The number of carbonyl (C=O) groups excluding carboxylic acids is 1. The van der Waals surface area contributed by atoms with E-state index >= 15 is 0 Å². The lowest BCUT2D eigenvalue weighted by atomic mass is 10.2. The van der Waals surface area contributed by atoms with E-state index in [4.69, 9.17) is 9.15 Å². The zero-order valence-corrected chi connectivity index (χ0v) is 11.0. The van der Waals surface area contributed by atoms with E-state index in [9.17, 15) is 4.79 Å². The monoisotopic (exact) mass is 280 g/mol. The van der Waals surface area contributed by atoms with E-state index in [-0.39, 0.29) is 11.6 Å². The summed E-state index contributed by atoms with van der Waals surface area (Å²) in [4.78, 5) is 15.8. The van der Waals surface area contributed by atoms with E-state index in [0.717, 1.165) is 0 Å². The number of ether oxygens (including phenoxy) is 1. The lowest BCUT2D eigenvalue weighted by molar-refractivity contribution is 0.102. The molecule has 0 aliphatic rings. The van der Waals surface area contributed by atoms with Crippen LogP contribution >= 0.6 is 0 Å². The van der Waals surface area contributed by atoms with Crippen molar-refractivity contribution >= 4 is 11.6 Å². The summed E-state index contributed by atoms with van der Waals surface area (Å²) in [5.74, 6) is 0.897. The van der Waals surface area contributed by atoms with Gasteiger partial charge >= 0.3 is 0 Å². The fourth-order valence-electron chi connectivity index (χ4n) is 1.79. The quantitative estimate of drug-likeness (QED) is 0.791. The molecular formula is C16H12N2O3. The number of amides is 1. The van der Waals surface area contributed by atoms with E-state index in [0.29, 0.717) is 17.2 Å². The highest BCUT2D eigenvalue weighted by Gasteiger charge is 2.12. The van der Waals surface area contributed by atoms with Crippen molar-refractivity contribution in [2.24, 2.45) is 0 Å². The molecule has 0 bridgehead atoms. The van der Waals surface area contributed by atoms with Gasteiger partial charge in [-0.15, -0.1) is 0 Å². The molecule has 1 heterocycles. The maximum absolute atomic E-state index is 12.0. The highest BCUT2D eigenvalue weighted by Crippen LogP contribution is 2.29. The molecule has 0 aliphatic carbocycles. The summed E-state index contributed by atoms with van der Waals surface area (Å²) in [6.07, 6.45) is 2.50. The average molecular weight is 280 g/mol. The van der Waals surface area contributed by atoms with Crippen LogP contribution in [-0.4, -0.2) is 10.9 Å². The van der Waals surface area contributed by atoms with Crippen LogP contribution < -0.4 is 10.1 Å². The fourth-order valence-corrected chi connectivity index (χ4v) is 1.79. The molecule has 3 aromatic rings. The van der Waals surface area contributed by atoms with Gasteiger partial charge < -0.3 is 14.5 Å². The third-order valence-electron chi connectivity index (χ3n) is 2.77. The summed E-state index contributed by atoms with van der Waals surface area (Å²) < 4.78 is 10.6. The summed E-state index contributed by atoms with van der Waals surface area (Å²) >= 11 is 0. The summed E-state index contributed by atoms with van der Waals surface area (Å²) in [5.41, 5.74) is 0.777. The molecule has 0 saturated carbocycles. The molecular weight excluding hydrogens is 268 g/mol. The predicted molar refractivity (Wildman–Crippen MR) is 77.4 cm³/mol. The fraction of sp³-hybridized carbons (Fsp3) is 0. The van der Waals surface area contributed by atoms with Gasteiger partial charge in [0.25, 0.3) is 5.91 Å². The molecule has 2 aromatic carbocycles. The van der Waals surface area contributed by atoms with Gasteiger partial charge in [0, 0.05) is 0 Å². The second kappa shape index (κ2) is 5.92. The molecule has 0 saturated heterocycles. The van der Waals surface area contributed by atoms with Crippen LogP contribution in [0, 0.1) is 0 Å². The number of hydrogen-bond donors (Lipinski definition) is 1. The van der Waals surface area contributed by atoms with Gasteiger partial charge in [0.15, 0.2) is 17.8 Å². The highest BCUT2D eigenvalue weighted by molar-refractivity contribution is 6.03. The molecule has 0 radical (unpaired) electrons. The maximum Gasteiger partial charge on any atom is 0.277 e. The number of anilines is 1. The average Bonchev–Trinajstić information content (AvgIpc) is 3.05. The lowest BCUT2D eigenvalue weighted by Crippen LogP contribution is -2.12. The standard InChI is InChI=1S/C16H12N2O3/c19-16(14-10-20-11-17-14)18-13-8-4-5-9-15(13)21-12-6-2-1-3-7-12/h1-11H,(H,18,19). The van der Waals surface area contributed by atoms with Crippen LogP contribution in [0.25, 0.3) is 0 Å². The third kappa shape index (κ3) is 3.09. The van der Waals surface area contributed by atoms with Gasteiger partial charge in [-0.2, -0.15) is 0 Å². The molecule has 104 valence electrons. The minimum absolute atomic E-state index is 0.213. The first-order valence-electron chi connectivity index (χ1n) is 6.34. The van der Waals surface area contributed by atoms with Gasteiger partial charge in [0.05, 0.1) is 5.69 Å². The molecule has 0 aliphatic heterocycles. The van der Waals surface area contributed by atoms with Gasteiger partial charge in [-0.3, -0.25) is 4.79 Å². The highest BCUT2D eigenvalue weighted by atomic mass is 16.5. The largest absolute Gasteiger partial charge is 0.455 e. The van der Waals surface area contributed by atoms with Crippen LogP contribution in [0.2, 0.25) is 0 Å². The molecule has 0 fully saturated rings. The minimum atomic E-state index is -0.354. The predicted octanol–water partition coefficient (Wildman–Crippen LogP) is 3.72. The molecule has 1 aromatic heterocycles. The number of nitrogens with zero attached hydrogens (tertiary/aromatic N) is 1. The second-order valence-electron chi connectivity index (χ2n) is 4.24. The maximum atomic E-state index is 12.0. The zero-order valence-electron chi connectivity index (χ0n) is 11.0. The lowest BCUT2D eigenvalue weighted by Gasteiger charge is -2.11. The third-order valence-corrected chi connectivity index (χ3v) is 2.77. The Kier molecular flexibility index (Phi) is 3.64. The van der Waals surface area contributed by atoms with Gasteiger partial charge in [-0.25, -0.2) is 4.98 Å². The molecule has 0 spiro atoms. The van der Waals surface area contributed by atoms with E-state index < -0.39 is 0 Å². The first-order chi connectivity index (χ1) is 10.3. The van der Waals surface area contributed by atoms with Crippen LogP contribution in [-0.2, 0) is 0 Å². The van der Waals surface area contributed by atoms with Crippen LogP contribution in [0.5, 0.6) is 11.5 Å². The van der Waals surface area contributed by atoms with Crippen LogP contribution in [0.1, 0.15) is 10.5 Å². The van der Waals surface area contributed by atoms with Crippen LogP contribution in [0.4, 0.5) is 5.69 Å². The zero-order chi connectivity index (χ0) is 14.5. The number of benzene rings is 2. The summed E-state index contributed by atoms with van der Waals surface area (Å²) in [6.45, 7) is 0. The van der Waals surface area contributed by atoms with Crippen molar-refractivity contribution in [1.29, 1.82) is 0 Å². The van der Waals surface area contributed by atoms with Crippen molar-refractivity contribution in [1.82, 2.24) is 4.98 Å². The van der Waals surface area contributed by atoms with E-state index in [1.807, 2.05) is 42.5 Å². The van der Waals surface area contributed by atoms with Crippen molar-refractivity contribution in [2.75, 3.05) is 5.32 Å². The first kappa shape index (κ1) is 12.9. The molecule has 1 amide bonds. The second-order valence-corrected chi connectivity index (χ2v) is 4.24. The number of oxazole rings is 1.